The molecule has 142 valence electrons. The highest BCUT2D eigenvalue weighted by Gasteiger charge is 2.33. The molecule has 0 saturated heterocycles. The molecule has 8 heteroatoms. The van der Waals surface area contributed by atoms with E-state index in [-0.39, 0.29) is 23.3 Å². The zero-order chi connectivity index (χ0) is 19.0. The van der Waals surface area contributed by atoms with Crippen molar-refractivity contribution in [3.8, 4) is 0 Å². The predicted molar refractivity (Wildman–Crippen MR) is 101 cm³/mol. The summed E-state index contributed by atoms with van der Waals surface area (Å²) in [7, 11) is 0. The average Bonchev–Trinajstić information content (AvgIpc) is 3.18. The zero-order valence-electron chi connectivity index (χ0n) is 14.5. The Balaban J connectivity index is 1.41. The van der Waals surface area contributed by atoms with Gasteiger partial charge in [-0.05, 0) is 48.4 Å². The molecule has 3 atom stereocenters. The Morgan fingerprint density at radius 2 is 2.22 bits per heavy atom. The smallest absolute Gasteiger partial charge is 0.252 e. The highest BCUT2D eigenvalue weighted by Crippen LogP contribution is 2.28. The molecule has 1 fully saturated rings. The van der Waals surface area contributed by atoms with Crippen molar-refractivity contribution in [1.82, 2.24) is 20.1 Å². The summed E-state index contributed by atoms with van der Waals surface area (Å²) in [5.41, 5.74) is 0.780. The number of aromatic amines is 1. The fraction of sp³-hybridized carbons (Fsp3) is 0.368. The van der Waals surface area contributed by atoms with Crippen LogP contribution in [0.1, 0.15) is 18.4 Å². The summed E-state index contributed by atoms with van der Waals surface area (Å²) in [5, 5.41) is 19.2. The Hall–Kier alpha value is -2.22. The van der Waals surface area contributed by atoms with Gasteiger partial charge < -0.3 is 15.4 Å². The lowest BCUT2D eigenvalue weighted by atomic mass is 10.1. The van der Waals surface area contributed by atoms with Crippen LogP contribution in [0.5, 0.6) is 0 Å². The number of pyridine rings is 1. The van der Waals surface area contributed by atoms with Gasteiger partial charge >= 0.3 is 0 Å². The minimum absolute atomic E-state index is 0.0932. The summed E-state index contributed by atoms with van der Waals surface area (Å²) in [6.07, 6.45) is 4.35. The van der Waals surface area contributed by atoms with Crippen LogP contribution in [-0.2, 0) is 13.1 Å². The summed E-state index contributed by atoms with van der Waals surface area (Å²) in [4.78, 5) is 14.9. The zero-order valence-corrected chi connectivity index (χ0v) is 15.3. The van der Waals surface area contributed by atoms with Gasteiger partial charge in [0.25, 0.3) is 5.56 Å². The molecule has 0 spiro atoms. The quantitative estimate of drug-likeness (QED) is 0.625. The molecule has 1 aliphatic carbocycles. The molecule has 27 heavy (non-hydrogen) atoms. The molecule has 2 aromatic heterocycles. The highest BCUT2D eigenvalue weighted by atomic mass is 35.5. The standard InChI is InChI=1S/C19H20ClFN4O2/c20-14-8-23-25(10-14)9-11-3-17(18(26)4-11)22-7-13-5-12-1-2-15(21)6-16(12)24-19(13)27/h1-2,5-6,8,10-11,17-18,22,26H,3-4,7,9H2,(H,24,27)/t11?,17-,18-/m1/s1. The number of hydrogen-bond acceptors (Lipinski definition) is 4. The van der Waals surface area contributed by atoms with Crippen LogP contribution in [0, 0.1) is 11.7 Å². The number of rotatable bonds is 5. The van der Waals surface area contributed by atoms with Crippen LogP contribution in [0.3, 0.4) is 0 Å². The van der Waals surface area contributed by atoms with Crippen molar-refractivity contribution in [2.75, 3.05) is 0 Å². The van der Waals surface area contributed by atoms with Crippen LogP contribution in [-0.4, -0.2) is 32.0 Å². The first-order valence-corrected chi connectivity index (χ1v) is 9.26. The number of H-pyrrole nitrogens is 1. The molecule has 1 saturated carbocycles. The van der Waals surface area contributed by atoms with Crippen molar-refractivity contribution in [1.29, 1.82) is 0 Å². The van der Waals surface area contributed by atoms with Gasteiger partial charge in [0.05, 0.1) is 22.8 Å². The molecule has 0 radical (unpaired) electrons. The third-order valence-electron chi connectivity index (χ3n) is 5.11. The van der Waals surface area contributed by atoms with Crippen molar-refractivity contribution < 1.29 is 9.50 Å². The van der Waals surface area contributed by atoms with Gasteiger partial charge in [-0.3, -0.25) is 9.48 Å². The van der Waals surface area contributed by atoms with Gasteiger partial charge in [0.1, 0.15) is 5.82 Å². The highest BCUT2D eigenvalue weighted by molar-refractivity contribution is 6.30. The maximum Gasteiger partial charge on any atom is 0.252 e. The summed E-state index contributed by atoms with van der Waals surface area (Å²) in [6.45, 7) is 1.04. The minimum Gasteiger partial charge on any atom is -0.391 e. The minimum atomic E-state index is -0.477. The van der Waals surface area contributed by atoms with Crippen LogP contribution in [0.4, 0.5) is 4.39 Å². The molecule has 0 aliphatic heterocycles. The van der Waals surface area contributed by atoms with E-state index >= 15 is 0 Å². The molecule has 6 nitrogen and oxygen atoms in total. The first-order chi connectivity index (χ1) is 13.0. The fourth-order valence-corrected chi connectivity index (χ4v) is 3.94. The normalized spacial score (nSPS) is 22.6. The van der Waals surface area contributed by atoms with E-state index < -0.39 is 6.10 Å². The molecule has 1 unspecified atom stereocenters. The van der Waals surface area contributed by atoms with E-state index in [0.29, 0.717) is 35.6 Å². The second-order valence-electron chi connectivity index (χ2n) is 7.13. The van der Waals surface area contributed by atoms with Crippen molar-refractivity contribution in [2.45, 2.75) is 38.1 Å². The molecule has 2 heterocycles. The van der Waals surface area contributed by atoms with E-state index in [1.165, 1.54) is 12.1 Å². The molecule has 1 aromatic carbocycles. The van der Waals surface area contributed by atoms with Crippen molar-refractivity contribution >= 4 is 22.5 Å². The second kappa shape index (κ2) is 7.42. The van der Waals surface area contributed by atoms with Gasteiger partial charge in [0.2, 0.25) is 0 Å². The molecule has 0 bridgehead atoms. The fourth-order valence-electron chi connectivity index (χ4n) is 3.78. The maximum atomic E-state index is 13.3. The molecule has 0 amide bonds. The lowest BCUT2D eigenvalue weighted by Gasteiger charge is -2.16. The number of aliphatic hydroxyl groups is 1. The summed E-state index contributed by atoms with van der Waals surface area (Å²) < 4.78 is 15.1. The van der Waals surface area contributed by atoms with Crippen LogP contribution >= 0.6 is 11.6 Å². The van der Waals surface area contributed by atoms with Gasteiger partial charge in [-0.15, -0.1) is 0 Å². The molecular formula is C19H20ClFN4O2. The molecule has 4 rings (SSSR count). The lowest BCUT2D eigenvalue weighted by molar-refractivity contribution is 0.145. The van der Waals surface area contributed by atoms with Crippen molar-refractivity contribution in [3.63, 3.8) is 0 Å². The Bertz CT molecular complexity index is 1020. The van der Waals surface area contributed by atoms with Crippen molar-refractivity contribution in [2.24, 2.45) is 5.92 Å². The van der Waals surface area contributed by atoms with E-state index in [2.05, 4.69) is 15.4 Å². The largest absolute Gasteiger partial charge is 0.391 e. The maximum absolute atomic E-state index is 13.3. The first kappa shape index (κ1) is 18.2. The number of benzene rings is 1. The van der Waals surface area contributed by atoms with E-state index in [1.54, 1.807) is 29.2 Å². The van der Waals surface area contributed by atoms with Gasteiger partial charge in [-0.1, -0.05) is 11.6 Å². The molecule has 3 N–H and O–H groups in total. The van der Waals surface area contributed by atoms with Gasteiger partial charge in [-0.2, -0.15) is 5.10 Å². The lowest BCUT2D eigenvalue weighted by Crippen LogP contribution is -2.36. The summed E-state index contributed by atoms with van der Waals surface area (Å²) >= 11 is 5.89. The Morgan fingerprint density at radius 1 is 1.37 bits per heavy atom. The third-order valence-corrected chi connectivity index (χ3v) is 5.31. The van der Waals surface area contributed by atoms with Crippen LogP contribution in [0.25, 0.3) is 10.9 Å². The number of nitrogens with zero attached hydrogens (tertiary/aromatic N) is 2. The van der Waals surface area contributed by atoms with Crippen molar-refractivity contribution in [3.05, 3.63) is 63.4 Å². The van der Waals surface area contributed by atoms with Crippen LogP contribution in [0.15, 0.2) is 41.5 Å². The van der Waals surface area contributed by atoms with Crippen LogP contribution < -0.4 is 10.9 Å². The van der Waals surface area contributed by atoms with Gasteiger partial charge in [0, 0.05) is 30.9 Å². The first-order valence-electron chi connectivity index (χ1n) is 8.89. The van der Waals surface area contributed by atoms with E-state index in [0.717, 1.165) is 11.8 Å². The number of aromatic nitrogens is 3. The molecular weight excluding hydrogens is 371 g/mol. The van der Waals surface area contributed by atoms with Crippen LogP contribution in [0.2, 0.25) is 5.02 Å². The monoisotopic (exact) mass is 390 g/mol. The van der Waals surface area contributed by atoms with E-state index in [1.807, 2.05) is 0 Å². The average molecular weight is 391 g/mol. The Labute approximate surface area is 160 Å². The number of halogens is 2. The SMILES string of the molecule is O=c1[nH]c2cc(F)ccc2cc1CN[C@@H]1CC(Cn2cc(Cl)cn2)C[C@H]1O. The Kier molecular flexibility index (Phi) is 4.99. The molecule has 1 aliphatic rings. The number of fused-ring (bicyclic) bond motifs is 1. The van der Waals surface area contributed by atoms with E-state index in [4.69, 9.17) is 11.6 Å². The predicted octanol–water partition coefficient (Wildman–Crippen LogP) is 2.45. The summed E-state index contributed by atoms with van der Waals surface area (Å²) in [5.74, 6) is -0.103. The van der Waals surface area contributed by atoms with Gasteiger partial charge in [0.15, 0.2) is 0 Å². The second-order valence-corrected chi connectivity index (χ2v) is 7.56. The molecule has 3 aromatic rings. The van der Waals surface area contributed by atoms with E-state index in [9.17, 15) is 14.3 Å². The topological polar surface area (TPSA) is 82.9 Å². The number of aliphatic hydroxyl groups excluding tert-OH is 1. The summed E-state index contributed by atoms with van der Waals surface area (Å²) in [6, 6.07) is 5.97. The Morgan fingerprint density at radius 3 is 3.00 bits per heavy atom. The van der Waals surface area contributed by atoms with Gasteiger partial charge in [-0.25, -0.2) is 4.39 Å². The number of nitrogens with one attached hydrogen (secondary N) is 2. The number of hydrogen-bond donors (Lipinski definition) is 3. The third kappa shape index (κ3) is 4.05.